The molecule has 32 heavy (non-hydrogen) atoms. The van der Waals surface area contributed by atoms with E-state index < -0.39 is 11.7 Å². The highest BCUT2D eigenvalue weighted by atomic mass is 35.5. The van der Waals surface area contributed by atoms with Gasteiger partial charge in [0.2, 0.25) is 5.91 Å². The molecule has 2 aliphatic rings. The molecule has 2 heterocycles. The number of anilines is 1. The molecule has 0 bridgehead atoms. The summed E-state index contributed by atoms with van der Waals surface area (Å²) in [6.07, 6.45) is 8.91. The van der Waals surface area contributed by atoms with Crippen molar-refractivity contribution in [1.82, 2.24) is 9.78 Å². The van der Waals surface area contributed by atoms with Gasteiger partial charge in [-0.2, -0.15) is 5.10 Å². The van der Waals surface area contributed by atoms with Crippen LogP contribution in [0.1, 0.15) is 37.7 Å². The Kier molecular flexibility index (Phi) is 6.50. The summed E-state index contributed by atoms with van der Waals surface area (Å²) in [4.78, 5) is 15.7. The molecule has 4 atom stereocenters. The van der Waals surface area contributed by atoms with Gasteiger partial charge in [0.1, 0.15) is 0 Å². The second-order valence-electron chi connectivity index (χ2n) is 9.00. The highest BCUT2D eigenvalue weighted by Gasteiger charge is 2.52. The van der Waals surface area contributed by atoms with Crippen LogP contribution in [0.15, 0.2) is 59.9 Å². The summed E-state index contributed by atoms with van der Waals surface area (Å²) in [5, 5.41) is 25.2. The molecule has 1 aliphatic heterocycles. The van der Waals surface area contributed by atoms with Crippen molar-refractivity contribution in [2.24, 2.45) is 18.4 Å². The zero-order valence-electron chi connectivity index (χ0n) is 18.0. The minimum Gasteiger partial charge on any atom is -0.368 e. The van der Waals surface area contributed by atoms with E-state index in [-0.39, 0.29) is 30.2 Å². The second kappa shape index (κ2) is 9.02. The van der Waals surface area contributed by atoms with Crippen LogP contribution < -0.4 is 4.90 Å². The molecular formula is C24H27Cl2N3O3. The van der Waals surface area contributed by atoms with Crippen LogP contribution in [0.3, 0.4) is 0 Å². The predicted molar refractivity (Wildman–Crippen MR) is 125 cm³/mol. The van der Waals surface area contributed by atoms with E-state index in [1.807, 2.05) is 42.6 Å². The molecule has 2 N–H and O–H groups in total. The van der Waals surface area contributed by atoms with Crippen molar-refractivity contribution in [2.45, 2.75) is 44.4 Å². The number of benzene rings is 1. The first-order valence-electron chi connectivity index (χ1n) is 10.7. The van der Waals surface area contributed by atoms with Crippen LogP contribution in [0.25, 0.3) is 0 Å². The summed E-state index contributed by atoms with van der Waals surface area (Å²) < 4.78 is 1.66. The molecule has 1 aromatic carbocycles. The molecule has 0 radical (unpaired) electrons. The number of piperidine rings is 1. The fourth-order valence-electron chi connectivity index (χ4n) is 5.10. The molecule has 170 valence electrons. The van der Waals surface area contributed by atoms with Crippen molar-refractivity contribution in [3.05, 3.63) is 70.5 Å². The number of amides is 1. The smallest absolute Gasteiger partial charge is 0.233 e. The fraction of sp³-hybridized carbons (Fsp3) is 0.417. The molecule has 1 fully saturated rings. The Labute approximate surface area is 197 Å². The maximum Gasteiger partial charge on any atom is 0.233 e. The van der Waals surface area contributed by atoms with Gasteiger partial charge in [0.05, 0.1) is 23.3 Å². The average molecular weight is 476 g/mol. The maximum absolute atomic E-state index is 13.9. The molecular weight excluding hydrogens is 449 g/mol. The number of halogens is 2. The van der Waals surface area contributed by atoms with E-state index in [4.69, 9.17) is 23.2 Å². The summed E-state index contributed by atoms with van der Waals surface area (Å²) >= 11 is 12.5. The zero-order valence-corrected chi connectivity index (χ0v) is 19.5. The summed E-state index contributed by atoms with van der Waals surface area (Å²) in [6.45, 7) is 1.80. The maximum atomic E-state index is 13.9. The van der Waals surface area contributed by atoms with Crippen LogP contribution in [0.4, 0.5) is 5.69 Å². The normalized spacial score (nSPS) is 28.3. The van der Waals surface area contributed by atoms with E-state index >= 15 is 0 Å². The van der Waals surface area contributed by atoms with Crippen molar-refractivity contribution in [1.29, 1.82) is 0 Å². The molecule has 1 saturated heterocycles. The Morgan fingerprint density at radius 2 is 2.09 bits per heavy atom. The van der Waals surface area contributed by atoms with Gasteiger partial charge >= 0.3 is 0 Å². The van der Waals surface area contributed by atoms with Gasteiger partial charge in [0.15, 0.2) is 6.29 Å². The number of rotatable bonds is 5. The third kappa shape index (κ3) is 4.50. The molecule has 8 heteroatoms. The SMILES string of the molecule is Cn1cc(N2C(=O)[C@@](C)(CC(O)O)C[C@H](c3cccc(Cl)c3)C2C2C=CC(Cl)=CC2)cn1. The molecule has 1 amide bonds. The first kappa shape index (κ1) is 23.1. The van der Waals surface area contributed by atoms with Crippen LogP contribution >= 0.6 is 23.2 Å². The summed E-state index contributed by atoms with van der Waals surface area (Å²) in [7, 11) is 1.81. The van der Waals surface area contributed by atoms with Crippen molar-refractivity contribution >= 4 is 34.8 Å². The third-order valence-corrected chi connectivity index (χ3v) is 7.04. The van der Waals surface area contributed by atoms with Crippen molar-refractivity contribution in [3.63, 3.8) is 0 Å². The topological polar surface area (TPSA) is 78.6 Å². The lowest BCUT2D eigenvalue weighted by Crippen LogP contribution is -2.59. The van der Waals surface area contributed by atoms with Gasteiger partial charge in [0, 0.05) is 41.6 Å². The largest absolute Gasteiger partial charge is 0.368 e. The first-order chi connectivity index (χ1) is 15.2. The number of carbonyl (C=O) groups is 1. The van der Waals surface area contributed by atoms with Gasteiger partial charge in [-0.15, -0.1) is 0 Å². The summed E-state index contributed by atoms with van der Waals surface area (Å²) in [5.41, 5.74) is 0.720. The van der Waals surface area contributed by atoms with E-state index in [0.717, 1.165) is 5.56 Å². The third-order valence-electron chi connectivity index (χ3n) is 6.52. The molecule has 2 aromatic rings. The number of nitrogens with zero attached hydrogens (tertiary/aromatic N) is 3. The lowest BCUT2D eigenvalue weighted by atomic mass is 9.65. The number of aliphatic hydroxyl groups is 2. The van der Waals surface area contributed by atoms with E-state index in [9.17, 15) is 15.0 Å². The van der Waals surface area contributed by atoms with Crippen LogP contribution in [0.5, 0.6) is 0 Å². The lowest BCUT2D eigenvalue weighted by Gasteiger charge is -2.51. The monoisotopic (exact) mass is 475 g/mol. The van der Waals surface area contributed by atoms with Gasteiger partial charge in [-0.05, 0) is 36.6 Å². The van der Waals surface area contributed by atoms with E-state index in [0.29, 0.717) is 28.6 Å². The highest BCUT2D eigenvalue weighted by Crippen LogP contribution is 2.50. The molecule has 0 saturated carbocycles. The van der Waals surface area contributed by atoms with Gasteiger partial charge in [0.25, 0.3) is 0 Å². The first-order valence-corrected chi connectivity index (χ1v) is 11.4. The average Bonchev–Trinajstić information content (AvgIpc) is 3.16. The van der Waals surface area contributed by atoms with Crippen LogP contribution in [0, 0.1) is 11.3 Å². The van der Waals surface area contributed by atoms with Crippen molar-refractivity contribution in [2.75, 3.05) is 4.90 Å². The van der Waals surface area contributed by atoms with Crippen LogP contribution in [0.2, 0.25) is 5.02 Å². The number of aryl methyl sites for hydroxylation is 1. The van der Waals surface area contributed by atoms with E-state index in [2.05, 4.69) is 11.2 Å². The number of allylic oxidation sites excluding steroid dienone is 3. The van der Waals surface area contributed by atoms with Gasteiger partial charge in [-0.1, -0.05) is 54.4 Å². The molecule has 2 unspecified atom stereocenters. The number of carbonyl (C=O) groups excluding carboxylic acids is 1. The Bertz CT molecular complexity index is 1060. The van der Waals surface area contributed by atoms with E-state index in [1.54, 1.807) is 29.7 Å². The minimum atomic E-state index is -1.59. The Morgan fingerprint density at radius 1 is 1.31 bits per heavy atom. The lowest BCUT2D eigenvalue weighted by molar-refractivity contribution is -0.140. The molecule has 0 spiro atoms. The predicted octanol–water partition coefficient (Wildman–Crippen LogP) is 4.37. The Balaban J connectivity index is 1.87. The minimum absolute atomic E-state index is 0.0224. The van der Waals surface area contributed by atoms with Crippen LogP contribution in [-0.2, 0) is 11.8 Å². The van der Waals surface area contributed by atoms with Crippen LogP contribution in [-0.4, -0.2) is 38.2 Å². The zero-order chi connectivity index (χ0) is 23.0. The summed E-state index contributed by atoms with van der Waals surface area (Å²) in [5.74, 6) is -0.208. The Hall–Kier alpha value is -2.12. The number of aromatic nitrogens is 2. The standard InChI is InChI=1S/C24H27Cl2N3O3/c1-24(12-21(30)31)11-20(16-4-3-5-18(26)10-16)22(15-6-8-17(25)9-7-15)29(23(24)32)19-13-27-28(2)14-19/h3-6,8-10,13-15,20-22,30-31H,7,11-12H2,1-2H3/t15?,20-,22?,24-/m1/s1. The number of hydrogen-bond donors (Lipinski definition) is 2. The molecule has 4 rings (SSSR count). The Morgan fingerprint density at radius 3 is 2.69 bits per heavy atom. The molecule has 1 aliphatic carbocycles. The van der Waals surface area contributed by atoms with Gasteiger partial charge in [-0.3, -0.25) is 9.48 Å². The van der Waals surface area contributed by atoms with Crippen molar-refractivity contribution < 1.29 is 15.0 Å². The highest BCUT2D eigenvalue weighted by molar-refractivity contribution is 6.31. The summed E-state index contributed by atoms with van der Waals surface area (Å²) in [6, 6.07) is 7.47. The fourth-order valence-corrected chi connectivity index (χ4v) is 5.46. The number of hydrogen-bond acceptors (Lipinski definition) is 4. The second-order valence-corrected chi connectivity index (χ2v) is 9.87. The van der Waals surface area contributed by atoms with Gasteiger partial charge < -0.3 is 15.1 Å². The number of aliphatic hydroxyl groups excluding tert-OH is 1. The molecule has 1 aromatic heterocycles. The molecule has 6 nitrogen and oxygen atoms in total. The van der Waals surface area contributed by atoms with E-state index in [1.165, 1.54) is 0 Å². The quantitative estimate of drug-likeness (QED) is 0.629. The van der Waals surface area contributed by atoms with Crippen molar-refractivity contribution in [3.8, 4) is 0 Å². The van der Waals surface area contributed by atoms with Gasteiger partial charge in [-0.25, -0.2) is 0 Å².